The minimum Gasteiger partial charge on any atom is -0.345 e. The van der Waals surface area contributed by atoms with Gasteiger partial charge in [-0.25, -0.2) is 9.48 Å². The second-order valence-corrected chi connectivity index (χ2v) is 6.18. The van der Waals surface area contributed by atoms with Crippen molar-refractivity contribution >= 4 is 11.8 Å². The SMILES string of the molecule is O=C(Cn1nc2n(c1=O)CCCCC2)NCC(=O)N1CCCC1. The number of nitrogens with zero attached hydrogens (tertiary/aromatic N) is 4. The Labute approximate surface area is 134 Å². The second kappa shape index (κ2) is 6.97. The normalized spacial score (nSPS) is 17.7. The van der Waals surface area contributed by atoms with Crippen LogP contribution in [0.25, 0.3) is 0 Å². The highest BCUT2D eigenvalue weighted by Crippen LogP contribution is 2.10. The number of likely N-dealkylation sites (tertiary alicyclic amines) is 1. The summed E-state index contributed by atoms with van der Waals surface area (Å²) in [6.45, 7) is 2.06. The number of rotatable bonds is 4. The number of fused-ring (bicyclic) bond motifs is 1. The fraction of sp³-hybridized carbons (Fsp3) is 0.733. The van der Waals surface area contributed by atoms with Gasteiger partial charge < -0.3 is 10.2 Å². The minimum absolute atomic E-state index is 0.0127. The molecule has 0 radical (unpaired) electrons. The van der Waals surface area contributed by atoms with Gasteiger partial charge in [-0.1, -0.05) is 6.42 Å². The van der Waals surface area contributed by atoms with Crippen LogP contribution >= 0.6 is 0 Å². The van der Waals surface area contributed by atoms with Gasteiger partial charge in [0.1, 0.15) is 12.4 Å². The molecule has 0 aliphatic carbocycles. The molecule has 2 aliphatic rings. The number of aryl methyl sites for hydroxylation is 1. The lowest BCUT2D eigenvalue weighted by Crippen LogP contribution is -2.41. The molecular weight excluding hydrogens is 298 g/mol. The van der Waals surface area contributed by atoms with E-state index < -0.39 is 0 Å². The summed E-state index contributed by atoms with van der Waals surface area (Å²) in [4.78, 5) is 37.9. The van der Waals surface area contributed by atoms with Crippen LogP contribution in [0.2, 0.25) is 0 Å². The Morgan fingerprint density at radius 1 is 1.04 bits per heavy atom. The molecule has 0 bridgehead atoms. The summed E-state index contributed by atoms with van der Waals surface area (Å²) in [5, 5.41) is 6.85. The zero-order valence-corrected chi connectivity index (χ0v) is 13.3. The number of carbonyl (C=O) groups is 2. The summed E-state index contributed by atoms with van der Waals surface area (Å²) in [5.74, 6) is 0.338. The Morgan fingerprint density at radius 2 is 1.78 bits per heavy atom. The van der Waals surface area contributed by atoms with E-state index in [1.165, 1.54) is 4.68 Å². The molecule has 8 nitrogen and oxygen atoms in total. The molecule has 126 valence electrons. The monoisotopic (exact) mass is 321 g/mol. The fourth-order valence-electron chi connectivity index (χ4n) is 3.17. The predicted molar refractivity (Wildman–Crippen MR) is 82.9 cm³/mol. The summed E-state index contributed by atoms with van der Waals surface area (Å²) in [6.07, 6.45) is 5.91. The van der Waals surface area contributed by atoms with E-state index in [4.69, 9.17) is 0 Å². The maximum absolute atomic E-state index is 12.3. The average molecular weight is 321 g/mol. The van der Waals surface area contributed by atoms with Crippen LogP contribution in [-0.2, 0) is 29.1 Å². The Kier molecular flexibility index (Phi) is 4.78. The van der Waals surface area contributed by atoms with Crippen LogP contribution < -0.4 is 11.0 Å². The summed E-state index contributed by atoms with van der Waals surface area (Å²) in [5.41, 5.74) is -0.233. The number of aromatic nitrogens is 3. The molecule has 0 saturated carbocycles. The van der Waals surface area contributed by atoms with Crippen LogP contribution in [-0.4, -0.2) is 50.7 Å². The molecule has 1 N–H and O–H groups in total. The van der Waals surface area contributed by atoms with Gasteiger partial charge in [-0.15, -0.1) is 0 Å². The summed E-state index contributed by atoms with van der Waals surface area (Å²) in [7, 11) is 0. The van der Waals surface area contributed by atoms with Crippen molar-refractivity contribution in [1.82, 2.24) is 24.6 Å². The molecule has 8 heteroatoms. The zero-order chi connectivity index (χ0) is 16.2. The highest BCUT2D eigenvalue weighted by molar-refractivity contribution is 5.84. The first-order valence-electron chi connectivity index (χ1n) is 8.36. The molecule has 1 fully saturated rings. The van der Waals surface area contributed by atoms with Crippen molar-refractivity contribution in [3.8, 4) is 0 Å². The molecule has 0 unspecified atom stereocenters. The summed E-state index contributed by atoms with van der Waals surface area (Å²) >= 11 is 0. The second-order valence-electron chi connectivity index (χ2n) is 6.18. The number of hydrogen-bond acceptors (Lipinski definition) is 4. The van der Waals surface area contributed by atoms with Crippen molar-refractivity contribution in [1.29, 1.82) is 0 Å². The fourth-order valence-corrected chi connectivity index (χ4v) is 3.17. The molecule has 1 aromatic heterocycles. The van der Waals surface area contributed by atoms with Crippen molar-refractivity contribution in [3.63, 3.8) is 0 Å². The Hall–Kier alpha value is -2.12. The quantitative estimate of drug-likeness (QED) is 0.810. The lowest BCUT2D eigenvalue weighted by atomic mass is 10.2. The number of nitrogens with one attached hydrogen (secondary N) is 1. The van der Waals surface area contributed by atoms with Crippen LogP contribution in [0, 0.1) is 0 Å². The highest BCUT2D eigenvalue weighted by atomic mass is 16.2. The van der Waals surface area contributed by atoms with E-state index >= 15 is 0 Å². The van der Waals surface area contributed by atoms with Crippen LogP contribution in [0.4, 0.5) is 0 Å². The average Bonchev–Trinajstić information content (AvgIpc) is 3.10. The van der Waals surface area contributed by atoms with Crippen LogP contribution in [0.5, 0.6) is 0 Å². The third kappa shape index (κ3) is 3.62. The molecule has 2 amide bonds. The standard InChI is InChI=1S/C15H23N5O3/c21-13(16-10-14(22)18-7-4-5-8-18)11-20-15(23)19-9-3-1-2-6-12(19)17-20/h1-11H2,(H,16,21). The summed E-state index contributed by atoms with van der Waals surface area (Å²) in [6, 6.07) is 0. The first-order valence-corrected chi connectivity index (χ1v) is 8.36. The molecule has 1 saturated heterocycles. The van der Waals surface area contributed by atoms with E-state index in [1.807, 2.05) is 0 Å². The van der Waals surface area contributed by atoms with Gasteiger partial charge in [0.25, 0.3) is 0 Å². The molecular formula is C15H23N5O3. The highest BCUT2D eigenvalue weighted by Gasteiger charge is 2.20. The number of carbonyl (C=O) groups excluding carboxylic acids is 2. The largest absolute Gasteiger partial charge is 0.346 e. The third-order valence-corrected chi connectivity index (χ3v) is 4.47. The maximum Gasteiger partial charge on any atom is 0.346 e. The minimum atomic E-state index is -0.354. The van der Waals surface area contributed by atoms with Crippen molar-refractivity contribution in [2.45, 2.75) is 51.6 Å². The van der Waals surface area contributed by atoms with E-state index in [2.05, 4.69) is 10.4 Å². The Morgan fingerprint density at radius 3 is 2.57 bits per heavy atom. The van der Waals surface area contributed by atoms with E-state index in [1.54, 1.807) is 9.47 Å². The molecule has 0 atom stereocenters. The first kappa shape index (κ1) is 15.8. The molecule has 3 heterocycles. The van der Waals surface area contributed by atoms with Gasteiger partial charge in [0, 0.05) is 26.1 Å². The predicted octanol–water partition coefficient (Wildman–Crippen LogP) is -0.490. The van der Waals surface area contributed by atoms with Crippen molar-refractivity contribution in [2.75, 3.05) is 19.6 Å². The molecule has 0 spiro atoms. The summed E-state index contributed by atoms with van der Waals surface area (Å²) < 4.78 is 2.87. The van der Waals surface area contributed by atoms with Gasteiger partial charge in [0.2, 0.25) is 11.8 Å². The third-order valence-electron chi connectivity index (χ3n) is 4.47. The van der Waals surface area contributed by atoms with Gasteiger partial charge in [-0.2, -0.15) is 5.10 Å². The van der Waals surface area contributed by atoms with Crippen LogP contribution in [0.1, 0.15) is 37.9 Å². The Balaban J connectivity index is 1.55. The molecule has 2 aliphatic heterocycles. The number of amides is 2. The van der Waals surface area contributed by atoms with Gasteiger partial charge in [-0.05, 0) is 25.7 Å². The van der Waals surface area contributed by atoms with Gasteiger partial charge in [0.05, 0.1) is 6.54 Å². The Bertz CT molecular complexity index is 642. The van der Waals surface area contributed by atoms with Crippen molar-refractivity contribution in [3.05, 3.63) is 16.3 Å². The van der Waals surface area contributed by atoms with E-state index in [-0.39, 0.29) is 30.6 Å². The lowest BCUT2D eigenvalue weighted by Gasteiger charge is -2.15. The van der Waals surface area contributed by atoms with Crippen LogP contribution in [0.15, 0.2) is 4.79 Å². The van der Waals surface area contributed by atoms with E-state index in [9.17, 15) is 14.4 Å². The van der Waals surface area contributed by atoms with Crippen LogP contribution in [0.3, 0.4) is 0 Å². The first-order chi connectivity index (χ1) is 11.1. The smallest absolute Gasteiger partial charge is 0.345 e. The van der Waals surface area contributed by atoms with E-state index in [0.29, 0.717) is 6.54 Å². The molecule has 1 aromatic rings. The van der Waals surface area contributed by atoms with E-state index in [0.717, 1.165) is 57.4 Å². The lowest BCUT2D eigenvalue weighted by molar-refractivity contribution is -0.132. The maximum atomic E-state index is 12.3. The molecule has 0 aromatic carbocycles. The van der Waals surface area contributed by atoms with Gasteiger partial charge >= 0.3 is 5.69 Å². The molecule has 23 heavy (non-hydrogen) atoms. The van der Waals surface area contributed by atoms with Gasteiger partial charge in [-0.3, -0.25) is 14.2 Å². The van der Waals surface area contributed by atoms with Crippen molar-refractivity contribution < 1.29 is 9.59 Å². The number of hydrogen-bond donors (Lipinski definition) is 1. The van der Waals surface area contributed by atoms with Crippen molar-refractivity contribution in [2.24, 2.45) is 0 Å². The zero-order valence-electron chi connectivity index (χ0n) is 13.3. The molecule has 3 rings (SSSR count). The van der Waals surface area contributed by atoms with Gasteiger partial charge in [0.15, 0.2) is 0 Å². The topological polar surface area (TPSA) is 89.2 Å².